The van der Waals surface area contributed by atoms with Crippen LogP contribution in [0.3, 0.4) is 0 Å². The molecule has 0 fully saturated rings. The zero-order chi connectivity index (χ0) is 14.2. The maximum absolute atomic E-state index is 10.9. The molecule has 0 amide bonds. The molecule has 1 unspecified atom stereocenters. The standard InChI is InChI=1S/C14H30N2O2/c1-5-12(6-2)11-16(7-3)10-8-9-14(4,15)13(17)18/h12H,5-11,15H2,1-4H3,(H,17,18). The second-order valence-electron chi connectivity index (χ2n) is 5.40. The summed E-state index contributed by atoms with van der Waals surface area (Å²) in [4.78, 5) is 13.3. The zero-order valence-electron chi connectivity index (χ0n) is 12.4. The Morgan fingerprint density at radius 3 is 2.28 bits per heavy atom. The molecule has 0 spiro atoms. The molecule has 0 aromatic rings. The Morgan fingerprint density at radius 1 is 1.33 bits per heavy atom. The highest BCUT2D eigenvalue weighted by Gasteiger charge is 2.27. The predicted octanol–water partition coefficient (Wildman–Crippen LogP) is 2.33. The maximum Gasteiger partial charge on any atom is 0.323 e. The van der Waals surface area contributed by atoms with Gasteiger partial charge in [0.05, 0.1) is 0 Å². The van der Waals surface area contributed by atoms with Crippen LogP contribution in [-0.2, 0) is 4.79 Å². The van der Waals surface area contributed by atoms with Crippen molar-refractivity contribution in [3.8, 4) is 0 Å². The molecular formula is C14H30N2O2. The minimum absolute atomic E-state index is 0.530. The molecule has 108 valence electrons. The van der Waals surface area contributed by atoms with Crippen molar-refractivity contribution in [2.24, 2.45) is 11.7 Å². The Morgan fingerprint density at radius 2 is 1.89 bits per heavy atom. The quantitative estimate of drug-likeness (QED) is 0.631. The Kier molecular flexibility index (Phi) is 8.20. The normalized spacial score (nSPS) is 15.1. The second kappa shape index (κ2) is 8.48. The SMILES string of the molecule is CCC(CC)CN(CC)CCCC(C)(N)C(=O)O. The van der Waals surface area contributed by atoms with Crippen molar-refractivity contribution in [3.63, 3.8) is 0 Å². The van der Waals surface area contributed by atoms with Crippen LogP contribution in [0.25, 0.3) is 0 Å². The fourth-order valence-electron chi connectivity index (χ4n) is 2.07. The van der Waals surface area contributed by atoms with Gasteiger partial charge in [0.15, 0.2) is 0 Å². The van der Waals surface area contributed by atoms with Crippen LogP contribution >= 0.6 is 0 Å². The molecule has 0 aromatic carbocycles. The average molecular weight is 258 g/mol. The topological polar surface area (TPSA) is 66.6 Å². The van der Waals surface area contributed by atoms with Crippen LogP contribution in [0.4, 0.5) is 0 Å². The zero-order valence-corrected chi connectivity index (χ0v) is 12.4. The largest absolute Gasteiger partial charge is 0.480 e. The molecule has 4 heteroatoms. The Hall–Kier alpha value is -0.610. The molecule has 0 saturated heterocycles. The monoisotopic (exact) mass is 258 g/mol. The number of hydrogen-bond donors (Lipinski definition) is 2. The molecule has 18 heavy (non-hydrogen) atoms. The minimum atomic E-state index is -1.09. The second-order valence-corrected chi connectivity index (χ2v) is 5.40. The lowest BCUT2D eigenvalue weighted by Gasteiger charge is -2.26. The van der Waals surface area contributed by atoms with E-state index in [9.17, 15) is 4.79 Å². The lowest BCUT2D eigenvalue weighted by atomic mass is 9.97. The van der Waals surface area contributed by atoms with Gasteiger partial charge in [-0.1, -0.05) is 33.6 Å². The number of hydrogen-bond acceptors (Lipinski definition) is 3. The highest BCUT2D eigenvalue weighted by Crippen LogP contribution is 2.13. The van der Waals surface area contributed by atoms with Gasteiger partial charge < -0.3 is 15.7 Å². The van der Waals surface area contributed by atoms with E-state index in [1.807, 2.05) is 0 Å². The number of carboxylic acids is 1. The van der Waals surface area contributed by atoms with E-state index in [1.165, 1.54) is 12.8 Å². The molecule has 0 aromatic heterocycles. The fourth-order valence-corrected chi connectivity index (χ4v) is 2.07. The summed E-state index contributed by atoms with van der Waals surface area (Å²) in [5.41, 5.74) is 4.63. The van der Waals surface area contributed by atoms with Gasteiger partial charge in [0.2, 0.25) is 0 Å². The Labute approximate surface area is 112 Å². The first kappa shape index (κ1) is 17.4. The molecule has 3 N–H and O–H groups in total. The van der Waals surface area contributed by atoms with Gasteiger partial charge in [-0.05, 0) is 38.8 Å². The van der Waals surface area contributed by atoms with Gasteiger partial charge in [-0.15, -0.1) is 0 Å². The van der Waals surface area contributed by atoms with Crippen molar-refractivity contribution in [1.29, 1.82) is 0 Å². The van der Waals surface area contributed by atoms with Crippen molar-refractivity contribution < 1.29 is 9.90 Å². The van der Waals surface area contributed by atoms with Gasteiger partial charge in [0.1, 0.15) is 5.54 Å². The summed E-state index contributed by atoms with van der Waals surface area (Å²) >= 11 is 0. The van der Waals surface area contributed by atoms with Gasteiger partial charge >= 0.3 is 5.97 Å². The first-order valence-electron chi connectivity index (χ1n) is 7.11. The summed E-state index contributed by atoms with van der Waals surface area (Å²) in [5, 5.41) is 8.95. The first-order chi connectivity index (χ1) is 8.37. The molecule has 0 heterocycles. The van der Waals surface area contributed by atoms with Gasteiger partial charge in [-0.25, -0.2) is 0 Å². The van der Waals surface area contributed by atoms with Crippen LogP contribution in [-0.4, -0.2) is 41.1 Å². The number of aliphatic carboxylic acids is 1. The number of nitrogens with two attached hydrogens (primary N) is 1. The number of carboxylic acid groups (broad SMARTS) is 1. The highest BCUT2D eigenvalue weighted by atomic mass is 16.4. The number of carbonyl (C=O) groups is 1. The van der Waals surface area contributed by atoms with Crippen LogP contribution in [0, 0.1) is 5.92 Å². The van der Waals surface area contributed by atoms with E-state index in [1.54, 1.807) is 6.92 Å². The van der Waals surface area contributed by atoms with E-state index in [0.29, 0.717) is 6.42 Å². The van der Waals surface area contributed by atoms with E-state index < -0.39 is 11.5 Å². The number of nitrogens with zero attached hydrogens (tertiary/aromatic N) is 1. The Bertz CT molecular complexity index is 238. The predicted molar refractivity (Wildman–Crippen MR) is 75.6 cm³/mol. The van der Waals surface area contributed by atoms with Gasteiger partial charge in [0.25, 0.3) is 0 Å². The van der Waals surface area contributed by atoms with E-state index in [4.69, 9.17) is 10.8 Å². The van der Waals surface area contributed by atoms with Crippen molar-refractivity contribution >= 4 is 5.97 Å². The molecule has 0 radical (unpaired) electrons. The molecule has 1 atom stereocenters. The fraction of sp³-hybridized carbons (Fsp3) is 0.929. The van der Waals surface area contributed by atoms with Crippen molar-refractivity contribution in [2.75, 3.05) is 19.6 Å². The summed E-state index contributed by atoms with van der Waals surface area (Å²) in [6.07, 6.45) is 3.78. The molecule has 0 aliphatic heterocycles. The average Bonchev–Trinajstić information content (AvgIpc) is 2.33. The van der Waals surface area contributed by atoms with E-state index >= 15 is 0 Å². The third kappa shape index (κ3) is 6.36. The molecule has 0 aliphatic rings. The van der Waals surface area contributed by atoms with Crippen LogP contribution in [0.1, 0.15) is 53.4 Å². The van der Waals surface area contributed by atoms with Crippen LogP contribution in [0.15, 0.2) is 0 Å². The van der Waals surface area contributed by atoms with Crippen molar-refractivity contribution in [1.82, 2.24) is 4.90 Å². The Balaban J connectivity index is 4.05. The molecule has 0 saturated carbocycles. The third-order valence-corrected chi connectivity index (χ3v) is 3.78. The summed E-state index contributed by atoms with van der Waals surface area (Å²) in [5.74, 6) is -0.167. The molecule has 0 bridgehead atoms. The number of rotatable bonds is 10. The van der Waals surface area contributed by atoms with E-state index in [2.05, 4.69) is 25.7 Å². The van der Waals surface area contributed by atoms with Crippen LogP contribution < -0.4 is 5.73 Å². The molecule has 0 rings (SSSR count). The third-order valence-electron chi connectivity index (χ3n) is 3.78. The summed E-state index contributed by atoms with van der Waals surface area (Å²) < 4.78 is 0. The minimum Gasteiger partial charge on any atom is -0.480 e. The first-order valence-corrected chi connectivity index (χ1v) is 7.11. The van der Waals surface area contributed by atoms with E-state index in [0.717, 1.165) is 32.0 Å². The summed E-state index contributed by atoms with van der Waals surface area (Å²) in [6, 6.07) is 0. The summed E-state index contributed by atoms with van der Waals surface area (Å²) in [6.45, 7) is 11.3. The van der Waals surface area contributed by atoms with Gasteiger partial charge in [-0.3, -0.25) is 4.79 Å². The lowest BCUT2D eigenvalue weighted by molar-refractivity contribution is -0.142. The van der Waals surface area contributed by atoms with Crippen LogP contribution in [0.2, 0.25) is 0 Å². The molecule has 0 aliphatic carbocycles. The van der Waals surface area contributed by atoms with Crippen LogP contribution in [0.5, 0.6) is 0 Å². The smallest absolute Gasteiger partial charge is 0.323 e. The van der Waals surface area contributed by atoms with Gasteiger partial charge in [-0.2, -0.15) is 0 Å². The molecule has 4 nitrogen and oxygen atoms in total. The molecular weight excluding hydrogens is 228 g/mol. The van der Waals surface area contributed by atoms with Gasteiger partial charge in [0, 0.05) is 6.54 Å². The maximum atomic E-state index is 10.9. The van der Waals surface area contributed by atoms with Crippen molar-refractivity contribution in [2.45, 2.75) is 58.9 Å². The highest BCUT2D eigenvalue weighted by molar-refractivity contribution is 5.77. The summed E-state index contributed by atoms with van der Waals surface area (Å²) in [7, 11) is 0. The van der Waals surface area contributed by atoms with E-state index in [-0.39, 0.29) is 0 Å². The van der Waals surface area contributed by atoms with Crippen molar-refractivity contribution in [3.05, 3.63) is 0 Å². The lowest BCUT2D eigenvalue weighted by Crippen LogP contribution is -2.45.